The van der Waals surface area contributed by atoms with Gasteiger partial charge in [0.1, 0.15) is 0 Å². The number of carbonyl (C=O) groups excluding carboxylic acids is 1. The van der Waals surface area contributed by atoms with Crippen molar-refractivity contribution in [3.63, 3.8) is 0 Å². The lowest BCUT2D eigenvalue weighted by Gasteiger charge is -2.19. The zero-order chi connectivity index (χ0) is 9.56. The van der Waals surface area contributed by atoms with Gasteiger partial charge >= 0.3 is 0 Å². The molecule has 0 bridgehead atoms. The average molecular weight is 208 g/mol. The smallest absolute Gasteiger partial charge is 0.232 e. The summed E-state index contributed by atoms with van der Waals surface area (Å²) in [6.45, 7) is 0. The van der Waals surface area contributed by atoms with Gasteiger partial charge in [0.15, 0.2) is 0 Å². The number of hydrogen-bond acceptors (Lipinski definition) is 6. The topological polar surface area (TPSA) is 95.8 Å². The highest BCUT2D eigenvalue weighted by Gasteiger charge is 2.16. The van der Waals surface area contributed by atoms with E-state index in [1.54, 1.807) is 0 Å². The predicted molar refractivity (Wildman–Crippen MR) is 45.2 cm³/mol. The van der Waals surface area contributed by atoms with E-state index in [1.165, 1.54) is 0 Å². The molecule has 12 heavy (non-hydrogen) atoms. The van der Waals surface area contributed by atoms with E-state index in [1.807, 2.05) is 0 Å². The molecule has 0 aromatic carbocycles. The zero-order valence-corrected chi connectivity index (χ0v) is 7.26. The van der Waals surface area contributed by atoms with Crippen LogP contribution < -0.4 is 0 Å². The lowest BCUT2D eigenvalue weighted by molar-refractivity contribution is -0.245. The third-order valence-corrected chi connectivity index (χ3v) is 1.29. The van der Waals surface area contributed by atoms with Gasteiger partial charge in [0, 0.05) is 15.0 Å². The molecule has 1 N–H and O–H groups in total. The van der Waals surface area contributed by atoms with Crippen LogP contribution in [0.2, 0.25) is 0 Å². The van der Waals surface area contributed by atoms with Gasteiger partial charge in [-0.2, -0.15) is 15.1 Å². The number of thiol groups is 1. The van der Waals surface area contributed by atoms with E-state index in [9.17, 15) is 4.79 Å². The summed E-state index contributed by atoms with van der Waals surface area (Å²) in [7, 11) is 0. The number of amides is 1. The molecule has 0 aromatic heterocycles. The monoisotopic (exact) mass is 208 g/mol. The van der Waals surface area contributed by atoms with Crippen molar-refractivity contribution in [3.05, 3.63) is 10.4 Å². The Morgan fingerprint density at radius 3 is 2.67 bits per heavy atom. The van der Waals surface area contributed by atoms with Crippen LogP contribution in [0.3, 0.4) is 0 Å². The minimum Gasteiger partial charge on any atom is -0.277 e. The molecule has 8 nitrogen and oxygen atoms in total. The van der Waals surface area contributed by atoms with Crippen LogP contribution in [0.25, 0.3) is 10.4 Å². The van der Waals surface area contributed by atoms with Crippen LogP contribution in [-0.2, 0) is 4.79 Å². The molecule has 0 spiro atoms. The van der Waals surface area contributed by atoms with E-state index in [0.29, 0.717) is 9.53 Å². The van der Waals surface area contributed by atoms with Crippen LogP contribution in [0, 0.1) is 0 Å². The van der Waals surface area contributed by atoms with Crippen LogP contribution in [0.4, 0.5) is 0 Å². The Hall–Kier alpha value is -1.06. The molecule has 0 atom stereocenters. The highest BCUT2D eigenvalue weighted by molar-refractivity contribution is 7.79. The normalized spacial score (nSPS) is 8.58. The average Bonchev–Trinajstić information content (AvgIpc) is 2.07. The third-order valence-electron chi connectivity index (χ3n) is 0.703. The molecule has 0 radical (unpaired) electrons. The van der Waals surface area contributed by atoms with Crippen LogP contribution in [0.15, 0.2) is 5.22 Å². The summed E-state index contributed by atoms with van der Waals surface area (Å²) in [6.07, 6.45) is 0.260. The summed E-state index contributed by atoms with van der Waals surface area (Å²) in [6, 6.07) is 0. The first-order valence-corrected chi connectivity index (χ1v) is 3.26. The van der Waals surface area contributed by atoms with Crippen molar-refractivity contribution in [2.75, 3.05) is 0 Å². The van der Waals surface area contributed by atoms with Crippen molar-refractivity contribution in [3.8, 4) is 0 Å². The Morgan fingerprint density at radius 2 is 2.33 bits per heavy atom. The Bertz CT molecular complexity index is 208. The van der Waals surface area contributed by atoms with Crippen LogP contribution in [0.5, 0.6) is 0 Å². The SMILES string of the molecule is [N-]=[N+]=NN(O)N(S)N(C=O)C=S. The van der Waals surface area contributed by atoms with Crippen LogP contribution in [-0.4, -0.2) is 31.9 Å². The van der Waals surface area contributed by atoms with Crippen molar-refractivity contribution in [1.29, 1.82) is 0 Å². The summed E-state index contributed by atoms with van der Waals surface area (Å²) in [5, 5.41) is 12.1. The molecule has 0 aromatic rings. The number of hydrogen-bond donors (Lipinski definition) is 2. The molecule has 0 saturated heterocycles. The largest absolute Gasteiger partial charge is 0.277 e. The van der Waals surface area contributed by atoms with Gasteiger partial charge in [-0.25, -0.2) is 0 Å². The van der Waals surface area contributed by atoms with Gasteiger partial charge in [-0.05, 0) is 12.8 Å². The molecule has 0 aliphatic carbocycles. The van der Waals surface area contributed by atoms with Crippen molar-refractivity contribution < 1.29 is 10.0 Å². The molecule has 0 saturated carbocycles. The Labute approximate surface area is 78.0 Å². The zero-order valence-electron chi connectivity index (χ0n) is 5.55. The van der Waals surface area contributed by atoms with Crippen LogP contribution in [0.1, 0.15) is 0 Å². The van der Waals surface area contributed by atoms with E-state index in [2.05, 4.69) is 35.2 Å². The van der Waals surface area contributed by atoms with E-state index in [0.717, 1.165) is 5.49 Å². The molecular formula is C2H4N6O2S2. The number of nitrogens with zero attached hydrogens (tertiary/aromatic N) is 6. The fraction of sp³-hybridized carbons (Fsp3) is 0. The van der Waals surface area contributed by atoms with E-state index in [4.69, 9.17) is 10.7 Å². The fourth-order valence-electron chi connectivity index (χ4n) is 0.273. The van der Waals surface area contributed by atoms with Gasteiger partial charge in [0.25, 0.3) is 0 Å². The Morgan fingerprint density at radius 1 is 1.75 bits per heavy atom. The molecule has 10 heteroatoms. The summed E-state index contributed by atoms with van der Waals surface area (Å²) < 4.78 is 0.500. The molecular weight excluding hydrogens is 204 g/mol. The van der Waals surface area contributed by atoms with Gasteiger partial charge in [0.05, 0.1) is 5.49 Å². The molecule has 0 fully saturated rings. The second kappa shape index (κ2) is 5.57. The summed E-state index contributed by atoms with van der Waals surface area (Å²) >= 11 is 7.91. The minimum atomic E-state index is -0.0136. The van der Waals surface area contributed by atoms with Gasteiger partial charge < -0.3 is 0 Å². The summed E-state index contributed by atoms with van der Waals surface area (Å²) in [4.78, 5) is 12.4. The van der Waals surface area contributed by atoms with Crippen LogP contribution >= 0.6 is 25.0 Å². The Kier molecular flexibility index (Phi) is 5.08. The van der Waals surface area contributed by atoms with Gasteiger partial charge in [-0.1, -0.05) is 12.2 Å². The molecule has 0 rings (SSSR count). The van der Waals surface area contributed by atoms with E-state index >= 15 is 0 Å². The second-order valence-corrected chi connectivity index (χ2v) is 1.87. The predicted octanol–water partition coefficient (Wildman–Crippen LogP) is 0.295. The summed E-state index contributed by atoms with van der Waals surface area (Å²) in [5.74, 6) is 0. The van der Waals surface area contributed by atoms with Crippen molar-refractivity contribution in [2.24, 2.45) is 5.22 Å². The molecule has 1 amide bonds. The highest BCUT2D eigenvalue weighted by Crippen LogP contribution is 2.01. The van der Waals surface area contributed by atoms with Gasteiger partial charge in [-0.15, -0.1) is 5.53 Å². The van der Waals surface area contributed by atoms with Gasteiger partial charge in [-0.3, -0.25) is 4.79 Å². The maximum atomic E-state index is 10.2. The fourth-order valence-corrected chi connectivity index (χ4v) is 0.612. The molecule has 0 aliphatic heterocycles. The number of azide groups is 1. The maximum Gasteiger partial charge on any atom is 0.232 e. The van der Waals surface area contributed by atoms with E-state index < -0.39 is 0 Å². The molecule has 0 aliphatic rings. The number of carbonyl (C=O) groups is 1. The second-order valence-electron chi connectivity index (χ2n) is 1.31. The number of thiocarbonyl (C=S) groups is 1. The van der Waals surface area contributed by atoms with Crippen molar-refractivity contribution in [1.82, 2.24) is 14.8 Å². The maximum absolute atomic E-state index is 10.2. The third kappa shape index (κ3) is 2.90. The molecule has 0 unspecified atom stereocenters. The lowest BCUT2D eigenvalue weighted by atomic mass is 11.1. The lowest BCUT2D eigenvalue weighted by Crippen LogP contribution is -2.41. The van der Waals surface area contributed by atoms with Crippen molar-refractivity contribution >= 4 is 36.9 Å². The van der Waals surface area contributed by atoms with Gasteiger partial charge in [0.2, 0.25) is 6.41 Å². The quantitative estimate of drug-likeness (QED) is 0.129. The minimum absolute atomic E-state index is 0.0136. The molecule has 66 valence electrons. The first-order chi connectivity index (χ1) is 5.67. The molecule has 0 heterocycles. The number of hydrazine groups is 2. The standard InChI is InChI=1S/C2H4N6O2S2/c3-4-5-7(10)8(12)6(1-9)2-11/h1-2,10,12H. The first kappa shape index (κ1) is 10.9. The first-order valence-electron chi connectivity index (χ1n) is 2.39. The number of rotatable bonds is 5. The Balaban J connectivity index is 4.32. The van der Waals surface area contributed by atoms with E-state index in [-0.39, 0.29) is 11.7 Å². The van der Waals surface area contributed by atoms with Crippen molar-refractivity contribution in [2.45, 2.75) is 0 Å². The summed E-state index contributed by atoms with van der Waals surface area (Å²) in [5.41, 5.74) is 8.75. The highest BCUT2D eigenvalue weighted by atomic mass is 32.1.